The van der Waals surface area contributed by atoms with Gasteiger partial charge in [0.15, 0.2) is 11.5 Å². The van der Waals surface area contributed by atoms with E-state index < -0.39 is 11.9 Å². The van der Waals surface area contributed by atoms with Crippen LogP contribution in [0.15, 0.2) is 70.8 Å². The SMILES string of the molecule is CCOc1cc(/C=C2/NC(=O)N(Cc3cccc(C)c3)C2=O)cc(Br)c1OCc1ccccc1F. The number of urea groups is 1. The fourth-order valence-corrected chi connectivity index (χ4v) is 4.29. The van der Waals surface area contributed by atoms with E-state index in [0.29, 0.717) is 33.7 Å². The van der Waals surface area contributed by atoms with Gasteiger partial charge in [-0.3, -0.25) is 9.69 Å². The van der Waals surface area contributed by atoms with E-state index in [9.17, 15) is 14.0 Å². The van der Waals surface area contributed by atoms with Gasteiger partial charge in [-0.15, -0.1) is 0 Å². The molecule has 0 saturated carbocycles. The van der Waals surface area contributed by atoms with Crippen LogP contribution in [0, 0.1) is 12.7 Å². The summed E-state index contributed by atoms with van der Waals surface area (Å²) < 4.78 is 26.2. The predicted octanol–water partition coefficient (Wildman–Crippen LogP) is 5.97. The summed E-state index contributed by atoms with van der Waals surface area (Å²) in [6, 6.07) is 17.0. The quantitative estimate of drug-likeness (QED) is 0.283. The predicted molar refractivity (Wildman–Crippen MR) is 134 cm³/mol. The average Bonchev–Trinajstić information content (AvgIpc) is 3.07. The molecule has 0 spiro atoms. The van der Waals surface area contributed by atoms with E-state index in [1.54, 1.807) is 36.4 Å². The molecule has 1 saturated heterocycles. The summed E-state index contributed by atoms with van der Waals surface area (Å²) in [7, 11) is 0. The van der Waals surface area contributed by atoms with Crippen LogP contribution in [0.5, 0.6) is 11.5 Å². The minimum Gasteiger partial charge on any atom is -0.490 e. The van der Waals surface area contributed by atoms with Crippen molar-refractivity contribution in [3.8, 4) is 11.5 Å². The third kappa shape index (κ3) is 5.71. The Labute approximate surface area is 211 Å². The molecule has 35 heavy (non-hydrogen) atoms. The third-order valence-electron chi connectivity index (χ3n) is 5.36. The number of benzene rings is 3. The molecule has 0 aliphatic carbocycles. The molecule has 6 nitrogen and oxygen atoms in total. The van der Waals surface area contributed by atoms with E-state index in [2.05, 4.69) is 21.2 Å². The van der Waals surface area contributed by atoms with Crippen molar-refractivity contribution < 1.29 is 23.5 Å². The number of carbonyl (C=O) groups is 2. The maximum absolute atomic E-state index is 14.0. The molecule has 1 N–H and O–H groups in total. The highest BCUT2D eigenvalue weighted by Crippen LogP contribution is 2.38. The van der Waals surface area contributed by atoms with Gasteiger partial charge in [0.05, 0.1) is 17.6 Å². The lowest BCUT2D eigenvalue weighted by molar-refractivity contribution is -0.123. The number of hydrogen-bond donors (Lipinski definition) is 1. The Kier molecular flexibility index (Phi) is 7.51. The maximum Gasteiger partial charge on any atom is 0.329 e. The smallest absolute Gasteiger partial charge is 0.329 e. The summed E-state index contributed by atoms with van der Waals surface area (Å²) in [4.78, 5) is 26.6. The van der Waals surface area contributed by atoms with Gasteiger partial charge >= 0.3 is 6.03 Å². The van der Waals surface area contributed by atoms with E-state index in [1.807, 2.05) is 38.1 Å². The number of hydrogen-bond acceptors (Lipinski definition) is 4. The van der Waals surface area contributed by atoms with Crippen LogP contribution in [-0.2, 0) is 17.9 Å². The van der Waals surface area contributed by atoms with Crippen LogP contribution in [0.4, 0.5) is 9.18 Å². The van der Waals surface area contributed by atoms with Crippen molar-refractivity contribution in [2.24, 2.45) is 0 Å². The zero-order valence-corrected chi connectivity index (χ0v) is 20.9. The van der Waals surface area contributed by atoms with Gasteiger partial charge in [-0.25, -0.2) is 9.18 Å². The molecular formula is C27H24BrFN2O4. The summed E-state index contributed by atoms with van der Waals surface area (Å²) in [5.41, 5.74) is 3.13. The van der Waals surface area contributed by atoms with Gasteiger partial charge in [0.2, 0.25) is 0 Å². The zero-order chi connectivity index (χ0) is 24.9. The molecule has 180 valence electrons. The largest absolute Gasteiger partial charge is 0.490 e. The second-order valence-corrected chi connectivity index (χ2v) is 8.87. The molecule has 4 rings (SSSR count). The van der Waals surface area contributed by atoms with Crippen molar-refractivity contribution in [3.05, 3.63) is 98.9 Å². The van der Waals surface area contributed by atoms with E-state index in [-0.39, 0.29) is 24.7 Å². The monoisotopic (exact) mass is 538 g/mol. The van der Waals surface area contributed by atoms with Crippen molar-refractivity contribution in [1.29, 1.82) is 0 Å². The molecule has 3 aromatic carbocycles. The number of ether oxygens (including phenoxy) is 2. The summed E-state index contributed by atoms with van der Waals surface area (Å²) in [6.07, 6.45) is 1.59. The number of nitrogens with one attached hydrogen (secondary N) is 1. The minimum atomic E-state index is -0.475. The van der Waals surface area contributed by atoms with E-state index in [0.717, 1.165) is 11.1 Å². The van der Waals surface area contributed by atoms with Crippen molar-refractivity contribution in [2.45, 2.75) is 27.0 Å². The molecule has 3 aromatic rings. The Hall–Kier alpha value is -3.65. The summed E-state index contributed by atoms with van der Waals surface area (Å²) >= 11 is 3.49. The standard InChI is InChI=1S/C27H24BrFN2O4/c1-3-34-24-14-19(12-21(28)25(24)35-16-20-9-4-5-10-22(20)29)13-23-26(32)31(27(33)30-23)15-18-8-6-7-17(2)11-18/h4-14H,3,15-16H2,1-2H3,(H,30,33)/b23-13+. The van der Waals surface area contributed by atoms with Crippen LogP contribution in [0.25, 0.3) is 6.08 Å². The number of imide groups is 1. The molecule has 8 heteroatoms. The average molecular weight is 539 g/mol. The van der Waals surface area contributed by atoms with Gasteiger partial charge in [0.25, 0.3) is 5.91 Å². The van der Waals surface area contributed by atoms with Crippen molar-refractivity contribution in [3.63, 3.8) is 0 Å². The van der Waals surface area contributed by atoms with Crippen LogP contribution >= 0.6 is 15.9 Å². The van der Waals surface area contributed by atoms with Gasteiger partial charge in [-0.2, -0.15) is 0 Å². The number of nitrogens with zero attached hydrogens (tertiary/aromatic N) is 1. The lowest BCUT2D eigenvalue weighted by Crippen LogP contribution is -2.30. The lowest BCUT2D eigenvalue weighted by atomic mass is 10.1. The number of rotatable bonds is 8. The fourth-order valence-electron chi connectivity index (χ4n) is 3.71. The molecule has 1 aliphatic rings. The van der Waals surface area contributed by atoms with Gasteiger partial charge in [-0.1, -0.05) is 48.0 Å². The topological polar surface area (TPSA) is 67.9 Å². The number of amides is 3. The maximum atomic E-state index is 14.0. The highest BCUT2D eigenvalue weighted by molar-refractivity contribution is 9.10. The second-order valence-electron chi connectivity index (χ2n) is 8.01. The van der Waals surface area contributed by atoms with Gasteiger partial charge in [0.1, 0.15) is 18.1 Å². The molecule has 0 aromatic heterocycles. The zero-order valence-electron chi connectivity index (χ0n) is 19.3. The molecule has 0 radical (unpaired) electrons. The Morgan fingerprint density at radius 2 is 1.86 bits per heavy atom. The fraction of sp³-hybridized carbons (Fsp3) is 0.185. The van der Waals surface area contributed by atoms with E-state index in [4.69, 9.17) is 9.47 Å². The highest BCUT2D eigenvalue weighted by Gasteiger charge is 2.33. The third-order valence-corrected chi connectivity index (χ3v) is 5.95. The number of halogens is 2. The molecule has 1 heterocycles. The first-order chi connectivity index (χ1) is 16.9. The van der Waals surface area contributed by atoms with Crippen molar-refractivity contribution >= 4 is 33.9 Å². The number of aryl methyl sites for hydroxylation is 1. The van der Waals surface area contributed by atoms with Crippen LogP contribution < -0.4 is 14.8 Å². The summed E-state index contributed by atoms with van der Waals surface area (Å²) in [6.45, 7) is 4.37. The molecular weight excluding hydrogens is 515 g/mol. The van der Waals surface area contributed by atoms with Crippen molar-refractivity contribution in [1.82, 2.24) is 10.2 Å². The van der Waals surface area contributed by atoms with E-state index in [1.165, 1.54) is 11.0 Å². The molecule has 3 amide bonds. The Bertz CT molecular complexity index is 1310. The van der Waals surface area contributed by atoms with Crippen molar-refractivity contribution in [2.75, 3.05) is 6.61 Å². The molecule has 0 atom stereocenters. The van der Waals surface area contributed by atoms with Crippen LogP contribution in [0.2, 0.25) is 0 Å². The minimum absolute atomic E-state index is 0.0221. The number of carbonyl (C=O) groups excluding carboxylic acids is 2. The molecule has 0 bridgehead atoms. The second kappa shape index (κ2) is 10.7. The van der Waals surface area contributed by atoms with Gasteiger partial charge in [0, 0.05) is 5.56 Å². The highest BCUT2D eigenvalue weighted by atomic mass is 79.9. The van der Waals surface area contributed by atoms with Crippen LogP contribution in [-0.4, -0.2) is 23.4 Å². The Morgan fingerprint density at radius 3 is 2.60 bits per heavy atom. The summed E-state index contributed by atoms with van der Waals surface area (Å²) in [5.74, 6) is 0.0812. The normalized spacial score (nSPS) is 14.4. The molecule has 0 unspecified atom stereocenters. The first-order valence-electron chi connectivity index (χ1n) is 11.1. The summed E-state index contributed by atoms with van der Waals surface area (Å²) in [5, 5.41) is 2.65. The van der Waals surface area contributed by atoms with Gasteiger partial charge in [-0.05, 0) is 65.2 Å². The lowest BCUT2D eigenvalue weighted by Gasteiger charge is -2.15. The molecule has 1 fully saturated rings. The van der Waals surface area contributed by atoms with Crippen LogP contribution in [0.3, 0.4) is 0 Å². The molecule has 1 aliphatic heterocycles. The first kappa shape index (κ1) is 24.5. The Morgan fingerprint density at radius 1 is 1.06 bits per heavy atom. The first-order valence-corrected chi connectivity index (χ1v) is 11.9. The van der Waals surface area contributed by atoms with Gasteiger partial charge < -0.3 is 14.8 Å². The van der Waals surface area contributed by atoms with Crippen LogP contribution in [0.1, 0.15) is 29.2 Å². The van der Waals surface area contributed by atoms with E-state index >= 15 is 0 Å². The Balaban J connectivity index is 1.56.